The number of benzene rings is 1. The number of amides is 1. The molecule has 0 bridgehead atoms. The van der Waals surface area contributed by atoms with Gasteiger partial charge >= 0.3 is 12.1 Å². The maximum absolute atomic E-state index is 12.6. The van der Waals surface area contributed by atoms with Crippen molar-refractivity contribution in [3.63, 3.8) is 0 Å². The molecule has 0 spiro atoms. The van der Waals surface area contributed by atoms with Crippen molar-refractivity contribution in [2.45, 2.75) is 19.5 Å². The van der Waals surface area contributed by atoms with Crippen molar-refractivity contribution in [2.24, 2.45) is 11.8 Å². The van der Waals surface area contributed by atoms with Gasteiger partial charge in [0.1, 0.15) is 5.69 Å². The number of nitro groups is 1. The highest BCUT2D eigenvalue weighted by Gasteiger charge is 2.40. The molecule has 1 aromatic carbocycles. The Morgan fingerprint density at radius 3 is 2.56 bits per heavy atom. The summed E-state index contributed by atoms with van der Waals surface area (Å²) in [5.74, 6) is -0.847. The van der Waals surface area contributed by atoms with E-state index in [-0.39, 0.29) is 30.6 Å². The van der Waals surface area contributed by atoms with Crippen LogP contribution in [-0.2, 0) is 20.5 Å². The molecule has 1 aliphatic carbocycles. The summed E-state index contributed by atoms with van der Waals surface area (Å²) in [6.07, 6.45) is -3.94. The van der Waals surface area contributed by atoms with Crippen LogP contribution in [0.15, 0.2) is 18.2 Å². The molecule has 8 nitrogen and oxygen atoms in total. The van der Waals surface area contributed by atoms with Gasteiger partial charge in [0, 0.05) is 19.2 Å². The minimum atomic E-state index is -4.69. The molecule has 0 saturated heterocycles. The molecule has 1 aromatic rings. The summed E-state index contributed by atoms with van der Waals surface area (Å²) >= 11 is 0. The molecule has 0 aromatic heterocycles. The molecule has 2 rings (SSSR count). The van der Waals surface area contributed by atoms with Gasteiger partial charge in [-0.25, -0.2) is 0 Å². The molecule has 1 saturated carbocycles. The van der Waals surface area contributed by atoms with Gasteiger partial charge in [-0.1, -0.05) is 6.92 Å². The Kier molecular flexibility index (Phi) is 6.24. The molecule has 2 N–H and O–H groups in total. The smallest absolute Gasteiger partial charge is 0.416 e. The number of alkyl halides is 3. The van der Waals surface area contributed by atoms with Gasteiger partial charge in [-0.15, -0.1) is 0 Å². The van der Waals surface area contributed by atoms with E-state index in [1.165, 1.54) is 0 Å². The number of anilines is 1. The Labute approximate surface area is 152 Å². The minimum absolute atomic E-state index is 0.0333. The fourth-order valence-electron chi connectivity index (χ4n) is 2.35. The molecule has 1 amide bonds. The Balaban J connectivity index is 1.78. The molecule has 1 fully saturated rings. The van der Waals surface area contributed by atoms with E-state index in [1.54, 1.807) is 0 Å². The fourth-order valence-corrected chi connectivity index (χ4v) is 2.35. The predicted octanol–water partition coefficient (Wildman–Crippen LogP) is 2.34. The summed E-state index contributed by atoms with van der Waals surface area (Å²) in [6.45, 7) is 1.54. The lowest BCUT2D eigenvalue weighted by Gasteiger charge is -2.11. The van der Waals surface area contributed by atoms with Crippen molar-refractivity contribution in [2.75, 3.05) is 25.0 Å². The lowest BCUT2D eigenvalue weighted by Crippen LogP contribution is -2.32. The first-order chi connectivity index (χ1) is 12.6. The van der Waals surface area contributed by atoms with Crippen LogP contribution in [-0.4, -0.2) is 36.5 Å². The van der Waals surface area contributed by atoms with Crippen LogP contribution in [0.1, 0.15) is 18.9 Å². The zero-order valence-corrected chi connectivity index (χ0v) is 14.3. The number of hydrogen-bond acceptors (Lipinski definition) is 6. The summed E-state index contributed by atoms with van der Waals surface area (Å²) in [6, 6.07) is 2.13. The van der Waals surface area contributed by atoms with E-state index in [4.69, 9.17) is 4.74 Å². The normalized spacial score (nSPS) is 18.5. The van der Waals surface area contributed by atoms with Crippen LogP contribution in [0.5, 0.6) is 0 Å². The average molecular weight is 389 g/mol. The van der Waals surface area contributed by atoms with Crippen LogP contribution in [0.4, 0.5) is 24.5 Å². The maximum atomic E-state index is 12.6. The molecule has 1 aliphatic rings. The molecule has 0 unspecified atom stereocenters. The number of carbonyl (C=O) groups is 2. The standard InChI is InChI=1S/C16H18F3N3O5/c1-9-6-11(9)15(24)27-8-14(23)21-5-4-20-12-3-2-10(16(17,18)19)7-13(12)22(25)26/h2-3,7,9,11,20H,4-6,8H2,1H3,(H,21,23)/t9-,11-/m1/s1. The molecule has 27 heavy (non-hydrogen) atoms. The second kappa shape index (κ2) is 8.23. The highest BCUT2D eigenvalue weighted by molar-refractivity contribution is 5.82. The van der Waals surface area contributed by atoms with E-state index in [1.807, 2.05) is 6.92 Å². The Morgan fingerprint density at radius 1 is 1.33 bits per heavy atom. The third-order valence-electron chi connectivity index (χ3n) is 4.04. The van der Waals surface area contributed by atoms with Crippen molar-refractivity contribution in [3.05, 3.63) is 33.9 Å². The SMILES string of the molecule is C[C@@H]1C[C@H]1C(=O)OCC(=O)NCCNc1ccc(C(F)(F)F)cc1[N+](=O)[O-]. The van der Waals surface area contributed by atoms with Gasteiger partial charge < -0.3 is 15.4 Å². The van der Waals surface area contributed by atoms with Gasteiger partial charge in [0.15, 0.2) is 6.61 Å². The van der Waals surface area contributed by atoms with Gasteiger partial charge in [0.25, 0.3) is 11.6 Å². The number of ether oxygens (including phenoxy) is 1. The van der Waals surface area contributed by atoms with Crippen molar-refractivity contribution >= 4 is 23.3 Å². The molecule has 0 aliphatic heterocycles. The molecule has 0 radical (unpaired) electrons. The van der Waals surface area contributed by atoms with Gasteiger partial charge in [0.2, 0.25) is 0 Å². The van der Waals surface area contributed by atoms with E-state index in [9.17, 15) is 32.9 Å². The van der Waals surface area contributed by atoms with Crippen molar-refractivity contribution < 1.29 is 32.4 Å². The Bertz CT molecular complexity index is 739. The fraction of sp³-hybridized carbons (Fsp3) is 0.500. The van der Waals surface area contributed by atoms with Crippen LogP contribution >= 0.6 is 0 Å². The summed E-state index contributed by atoms with van der Waals surface area (Å²) in [5.41, 5.74) is -1.94. The lowest BCUT2D eigenvalue weighted by molar-refractivity contribution is -0.384. The minimum Gasteiger partial charge on any atom is -0.455 e. The Hall–Kier alpha value is -2.85. The highest BCUT2D eigenvalue weighted by Crippen LogP contribution is 2.38. The summed E-state index contributed by atoms with van der Waals surface area (Å²) < 4.78 is 42.8. The highest BCUT2D eigenvalue weighted by atomic mass is 19.4. The quantitative estimate of drug-likeness (QED) is 0.306. The van der Waals surface area contributed by atoms with Crippen molar-refractivity contribution in [3.8, 4) is 0 Å². The Morgan fingerprint density at radius 2 is 2.00 bits per heavy atom. The van der Waals surface area contributed by atoms with E-state index < -0.39 is 40.8 Å². The van der Waals surface area contributed by atoms with Crippen LogP contribution in [0.3, 0.4) is 0 Å². The predicted molar refractivity (Wildman–Crippen MR) is 87.8 cm³/mol. The average Bonchev–Trinajstić information content (AvgIpc) is 3.32. The summed E-state index contributed by atoms with van der Waals surface area (Å²) in [5, 5.41) is 16.0. The first-order valence-electron chi connectivity index (χ1n) is 8.12. The van der Waals surface area contributed by atoms with Gasteiger partial charge in [-0.3, -0.25) is 19.7 Å². The second-order valence-corrected chi connectivity index (χ2v) is 6.19. The van der Waals surface area contributed by atoms with Crippen LogP contribution in [0.2, 0.25) is 0 Å². The van der Waals surface area contributed by atoms with Crippen LogP contribution in [0, 0.1) is 22.0 Å². The van der Waals surface area contributed by atoms with E-state index >= 15 is 0 Å². The topological polar surface area (TPSA) is 111 Å². The number of nitro benzene ring substituents is 1. The van der Waals surface area contributed by atoms with E-state index in [2.05, 4.69) is 10.6 Å². The number of nitrogens with zero attached hydrogens (tertiary/aromatic N) is 1. The largest absolute Gasteiger partial charge is 0.455 e. The van der Waals surface area contributed by atoms with Crippen LogP contribution < -0.4 is 10.6 Å². The number of carbonyl (C=O) groups excluding carboxylic acids is 2. The zero-order valence-electron chi connectivity index (χ0n) is 14.3. The second-order valence-electron chi connectivity index (χ2n) is 6.19. The summed E-state index contributed by atoms with van der Waals surface area (Å²) in [7, 11) is 0. The number of rotatable bonds is 8. The number of halogens is 3. The first kappa shape index (κ1) is 20.5. The molecule has 11 heteroatoms. The van der Waals surface area contributed by atoms with E-state index in [0.717, 1.165) is 18.6 Å². The molecular weight excluding hydrogens is 371 g/mol. The first-order valence-corrected chi connectivity index (χ1v) is 8.12. The summed E-state index contributed by atoms with van der Waals surface area (Å²) in [4.78, 5) is 33.1. The molecular formula is C16H18F3N3O5. The van der Waals surface area contributed by atoms with E-state index in [0.29, 0.717) is 6.07 Å². The molecule has 0 heterocycles. The van der Waals surface area contributed by atoms with Gasteiger partial charge in [-0.2, -0.15) is 13.2 Å². The third kappa shape index (κ3) is 5.83. The zero-order chi connectivity index (χ0) is 20.2. The van der Waals surface area contributed by atoms with Gasteiger partial charge in [0.05, 0.1) is 16.4 Å². The number of nitrogens with one attached hydrogen (secondary N) is 2. The van der Waals surface area contributed by atoms with Crippen LogP contribution in [0.25, 0.3) is 0 Å². The monoisotopic (exact) mass is 389 g/mol. The maximum Gasteiger partial charge on any atom is 0.416 e. The van der Waals surface area contributed by atoms with Crippen molar-refractivity contribution in [1.82, 2.24) is 5.32 Å². The van der Waals surface area contributed by atoms with Gasteiger partial charge in [-0.05, 0) is 24.5 Å². The third-order valence-corrected chi connectivity index (χ3v) is 4.04. The van der Waals surface area contributed by atoms with Crippen molar-refractivity contribution in [1.29, 1.82) is 0 Å². The lowest BCUT2D eigenvalue weighted by atomic mass is 10.1. The molecule has 2 atom stereocenters. The molecule has 148 valence electrons. The number of esters is 1. The number of hydrogen-bond donors (Lipinski definition) is 2.